The fraction of sp³-hybridized carbons (Fsp3) is 0.591. The zero-order valence-corrected chi connectivity index (χ0v) is 20.9. The van der Waals surface area contributed by atoms with Gasteiger partial charge in [0.1, 0.15) is 0 Å². The number of halogens is 2. The highest BCUT2D eigenvalue weighted by atomic mass is 32.2. The van der Waals surface area contributed by atoms with E-state index in [2.05, 4.69) is 21.7 Å². The van der Waals surface area contributed by atoms with Crippen molar-refractivity contribution >= 4 is 33.0 Å². The van der Waals surface area contributed by atoms with Crippen molar-refractivity contribution in [3.05, 3.63) is 40.2 Å². The van der Waals surface area contributed by atoms with Crippen LogP contribution in [0.4, 0.5) is 8.78 Å². The lowest BCUT2D eigenvalue weighted by Crippen LogP contribution is -2.53. The van der Waals surface area contributed by atoms with Gasteiger partial charge in [-0.05, 0) is 31.2 Å². The molecule has 6 rings (SSSR count). The first-order valence-corrected chi connectivity index (χ1v) is 14.2. The van der Waals surface area contributed by atoms with E-state index in [0.717, 1.165) is 42.0 Å². The minimum atomic E-state index is -3.68. The zero-order valence-electron chi connectivity index (χ0n) is 19.2. The molecule has 188 valence electrons. The van der Waals surface area contributed by atoms with Crippen LogP contribution < -0.4 is 4.72 Å². The molecule has 13 heteroatoms. The predicted molar refractivity (Wildman–Crippen MR) is 128 cm³/mol. The van der Waals surface area contributed by atoms with Crippen molar-refractivity contribution < 1.29 is 17.2 Å². The summed E-state index contributed by atoms with van der Waals surface area (Å²) in [6, 6.07) is 1.30. The number of nitrogens with one attached hydrogen (secondary N) is 1. The molecule has 0 radical (unpaired) electrons. The molecule has 4 aliphatic heterocycles. The Bertz CT molecular complexity index is 1270. The Morgan fingerprint density at radius 2 is 2.14 bits per heavy atom. The van der Waals surface area contributed by atoms with Gasteiger partial charge >= 0.3 is 6.55 Å². The number of aliphatic imine (C=N–C) groups is 1. The van der Waals surface area contributed by atoms with Gasteiger partial charge in [0.05, 0.1) is 12.2 Å². The molecule has 2 aromatic rings. The lowest BCUT2D eigenvalue weighted by Gasteiger charge is -2.35. The van der Waals surface area contributed by atoms with Crippen molar-refractivity contribution in [2.45, 2.75) is 63.7 Å². The van der Waals surface area contributed by atoms with Crippen LogP contribution in [-0.4, -0.2) is 69.4 Å². The third-order valence-electron chi connectivity index (χ3n) is 7.52. The van der Waals surface area contributed by atoms with E-state index in [1.165, 1.54) is 17.5 Å². The summed E-state index contributed by atoms with van der Waals surface area (Å²) in [4.78, 5) is 11.1. The van der Waals surface area contributed by atoms with Crippen LogP contribution in [-0.2, 0) is 10.2 Å². The van der Waals surface area contributed by atoms with Gasteiger partial charge < -0.3 is 4.90 Å². The molecule has 0 aliphatic carbocycles. The highest BCUT2D eigenvalue weighted by Crippen LogP contribution is 2.42. The highest BCUT2D eigenvalue weighted by molar-refractivity contribution is 7.87. The largest absolute Gasteiger partial charge is 0.333 e. The number of rotatable bonds is 6. The lowest BCUT2D eigenvalue weighted by atomic mass is 10.0. The van der Waals surface area contributed by atoms with Gasteiger partial charge in [-0.25, -0.2) is 9.67 Å². The quantitative estimate of drug-likeness (QED) is 0.628. The van der Waals surface area contributed by atoms with Gasteiger partial charge in [0, 0.05) is 60.1 Å². The summed E-state index contributed by atoms with van der Waals surface area (Å²) in [5, 5.41) is 6.65. The Balaban J connectivity index is 1.30. The Morgan fingerprint density at radius 1 is 1.29 bits per heavy atom. The molecule has 3 fully saturated rings. The number of piperidine rings is 1. The van der Waals surface area contributed by atoms with Gasteiger partial charge in [-0.1, -0.05) is 13.3 Å². The lowest BCUT2D eigenvalue weighted by molar-refractivity contribution is 0.0564. The summed E-state index contributed by atoms with van der Waals surface area (Å²) >= 11 is 1.46. The molecular weight excluding hydrogens is 496 g/mol. The maximum Gasteiger partial charge on any atom is 0.333 e. The molecule has 0 aromatic carbocycles. The number of thiazole rings is 1. The molecule has 6 heterocycles. The van der Waals surface area contributed by atoms with Crippen LogP contribution in [0.15, 0.2) is 34.5 Å². The van der Waals surface area contributed by atoms with Gasteiger partial charge in [0.2, 0.25) is 0 Å². The van der Waals surface area contributed by atoms with Crippen LogP contribution in [0.5, 0.6) is 0 Å². The molecule has 1 unspecified atom stereocenters. The van der Waals surface area contributed by atoms with E-state index in [9.17, 15) is 17.2 Å². The van der Waals surface area contributed by atoms with E-state index in [4.69, 9.17) is 4.99 Å². The standard InChI is InChI=1S/C22H27F2N7O2S2/c1-13-9-15-3-2-4-18(13)31(15)35(32,33)28-14-10-19-16(17-5-7-30(27-17)22(23)24)11-26-20(29(19)12-14)21-25-6-8-34-21/h5-8,13-15,18,22,28H,2-4,9-12H2,1H3/t13-,14-,15?,18+/m0/s1. The molecule has 0 saturated carbocycles. The number of nitrogens with zero attached hydrogens (tertiary/aromatic N) is 6. The molecule has 0 amide bonds. The number of aromatic nitrogens is 3. The van der Waals surface area contributed by atoms with E-state index in [1.807, 2.05) is 10.3 Å². The SMILES string of the molecule is C[C@H]1CC2CCC[C@H]1N2S(=O)(=O)N[C@H]1CC2=C(c3ccn(C(F)F)n3)CN=C(c3nccs3)N2C1. The Morgan fingerprint density at radius 3 is 2.86 bits per heavy atom. The number of hydrogen-bond acceptors (Lipinski definition) is 7. The van der Waals surface area contributed by atoms with E-state index in [1.54, 1.807) is 16.6 Å². The number of amidine groups is 1. The molecule has 2 aromatic heterocycles. The Hall–Kier alpha value is -2.22. The first kappa shape index (κ1) is 23.2. The van der Waals surface area contributed by atoms with E-state index in [-0.39, 0.29) is 24.7 Å². The molecule has 3 saturated heterocycles. The van der Waals surface area contributed by atoms with Crippen LogP contribution in [0.1, 0.15) is 56.3 Å². The summed E-state index contributed by atoms with van der Waals surface area (Å²) in [7, 11) is -3.68. The monoisotopic (exact) mass is 523 g/mol. The Kier molecular flexibility index (Phi) is 5.78. The Labute approximate surface area is 206 Å². The maximum absolute atomic E-state index is 13.5. The van der Waals surface area contributed by atoms with Crippen molar-refractivity contribution in [1.82, 2.24) is 28.7 Å². The molecule has 0 spiro atoms. The molecule has 4 atom stereocenters. The molecule has 35 heavy (non-hydrogen) atoms. The van der Waals surface area contributed by atoms with Gasteiger partial charge in [0.15, 0.2) is 10.8 Å². The molecule has 2 bridgehead atoms. The average Bonchev–Trinajstić information content (AvgIpc) is 3.59. The summed E-state index contributed by atoms with van der Waals surface area (Å²) in [6.45, 7) is 0.0774. The van der Waals surface area contributed by atoms with Crippen LogP contribution in [0.2, 0.25) is 0 Å². The summed E-state index contributed by atoms with van der Waals surface area (Å²) < 4.78 is 58.7. The van der Waals surface area contributed by atoms with Gasteiger partial charge in [0.25, 0.3) is 10.2 Å². The zero-order chi connectivity index (χ0) is 24.3. The van der Waals surface area contributed by atoms with Crippen LogP contribution >= 0.6 is 11.3 Å². The van der Waals surface area contributed by atoms with Gasteiger partial charge in [-0.3, -0.25) is 4.99 Å². The minimum absolute atomic E-state index is 0.0516. The maximum atomic E-state index is 13.5. The molecule has 9 nitrogen and oxygen atoms in total. The van der Waals surface area contributed by atoms with Gasteiger partial charge in [-0.2, -0.15) is 31.3 Å². The van der Waals surface area contributed by atoms with Crippen LogP contribution in [0, 0.1) is 5.92 Å². The second-order valence-corrected chi connectivity index (χ2v) is 12.2. The van der Waals surface area contributed by atoms with Crippen LogP contribution in [0.25, 0.3) is 5.57 Å². The molecular formula is C22H27F2N7O2S2. The first-order valence-electron chi connectivity index (χ1n) is 11.9. The fourth-order valence-corrected chi connectivity index (χ4v) is 8.69. The topological polar surface area (TPSA) is 95.7 Å². The predicted octanol–water partition coefficient (Wildman–Crippen LogP) is 3.08. The summed E-state index contributed by atoms with van der Waals surface area (Å²) in [5.41, 5.74) is 2.02. The molecule has 4 aliphatic rings. The van der Waals surface area contributed by atoms with E-state index < -0.39 is 16.8 Å². The smallest absolute Gasteiger partial charge is 0.326 e. The highest BCUT2D eigenvalue weighted by Gasteiger charge is 2.49. The van der Waals surface area contributed by atoms with Crippen molar-refractivity contribution in [2.75, 3.05) is 13.1 Å². The third-order valence-corrected chi connectivity index (χ3v) is 10.0. The number of fused-ring (bicyclic) bond motifs is 3. The van der Waals surface area contributed by atoms with E-state index >= 15 is 0 Å². The summed E-state index contributed by atoms with van der Waals surface area (Å²) in [5.74, 6) is 1.04. The van der Waals surface area contributed by atoms with Crippen molar-refractivity contribution in [3.8, 4) is 0 Å². The third kappa shape index (κ3) is 4.02. The normalized spacial score (nSPS) is 29.3. The number of hydrogen-bond donors (Lipinski definition) is 1. The first-order chi connectivity index (χ1) is 16.8. The average molecular weight is 524 g/mol. The van der Waals surface area contributed by atoms with Crippen molar-refractivity contribution in [2.24, 2.45) is 10.9 Å². The second-order valence-electron chi connectivity index (χ2n) is 9.69. The van der Waals surface area contributed by atoms with Gasteiger partial charge in [-0.15, -0.1) is 11.3 Å². The van der Waals surface area contributed by atoms with E-state index in [0.29, 0.717) is 35.1 Å². The summed E-state index contributed by atoms with van der Waals surface area (Å²) in [6.07, 6.45) is 7.16. The van der Waals surface area contributed by atoms with Crippen LogP contribution in [0.3, 0.4) is 0 Å². The fourth-order valence-electron chi connectivity index (χ4n) is 6.08. The van der Waals surface area contributed by atoms with Crippen molar-refractivity contribution in [1.29, 1.82) is 0 Å². The minimum Gasteiger partial charge on any atom is -0.326 e. The second kappa shape index (κ2) is 8.71. The molecule has 1 N–H and O–H groups in total. The van der Waals surface area contributed by atoms with Crippen molar-refractivity contribution in [3.63, 3.8) is 0 Å². The number of alkyl halides is 2.